The Hall–Kier alpha value is -0.760. The van der Waals surface area contributed by atoms with Crippen molar-refractivity contribution in [2.24, 2.45) is 5.73 Å². The van der Waals surface area contributed by atoms with Gasteiger partial charge in [-0.05, 0) is 38.8 Å². The van der Waals surface area contributed by atoms with Gasteiger partial charge >= 0.3 is 0 Å². The molecule has 1 aliphatic heterocycles. The van der Waals surface area contributed by atoms with Crippen LogP contribution in [0.25, 0.3) is 0 Å². The van der Waals surface area contributed by atoms with Crippen molar-refractivity contribution in [3.05, 3.63) is 22.5 Å². The number of rotatable bonds is 0. The molecule has 0 amide bonds. The first-order valence-electron chi connectivity index (χ1n) is 3.91. The zero-order valence-electron chi connectivity index (χ0n) is 7.65. The molecule has 0 atom stereocenters. The lowest BCUT2D eigenvalue weighted by Crippen LogP contribution is -2.32. The van der Waals surface area contributed by atoms with Gasteiger partial charge < -0.3 is 11.1 Å². The SMILES string of the molecule is CC1=C(C)C(N)C(C)=C(C)N1. The lowest BCUT2D eigenvalue weighted by Gasteiger charge is -2.25. The third-order valence-corrected chi connectivity index (χ3v) is 2.49. The average Bonchev–Trinajstić information content (AvgIpc) is 1.97. The Balaban J connectivity index is 2.98. The Kier molecular flexibility index (Phi) is 2.05. The minimum Gasteiger partial charge on any atom is -0.363 e. The molecule has 0 unspecified atom stereocenters. The van der Waals surface area contributed by atoms with E-state index in [1.54, 1.807) is 0 Å². The summed E-state index contributed by atoms with van der Waals surface area (Å²) in [5, 5.41) is 3.29. The predicted molar refractivity (Wildman–Crippen MR) is 47.9 cm³/mol. The predicted octanol–water partition coefficient (Wildman–Crippen LogP) is 1.50. The summed E-state index contributed by atoms with van der Waals surface area (Å²) in [6.07, 6.45) is 0. The Morgan fingerprint density at radius 3 is 1.73 bits per heavy atom. The van der Waals surface area contributed by atoms with E-state index in [1.165, 1.54) is 22.5 Å². The quantitative estimate of drug-likeness (QED) is 0.552. The van der Waals surface area contributed by atoms with Crippen molar-refractivity contribution in [2.45, 2.75) is 33.7 Å². The second-order valence-corrected chi connectivity index (χ2v) is 3.22. The maximum Gasteiger partial charge on any atom is 0.0504 e. The van der Waals surface area contributed by atoms with E-state index in [-0.39, 0.29) is 6.04 Å². The molecule has 0 aromatic heterocycles. The van der Waals surface area contributed by atoms with Gasteiger partial charge in [-0.3, -0.25) is 0 Å². The fourth-order valence-corrected chi connectivity index (χ4v) is 1.27. The average molecular weight is 152 g/mol. The monoisotopic (exact) mass is 152 g/mol. The summed E-state index contributed by atoms with van der Waals surface area (Å²) in [6.45, 7) is 8.27. The third-order valence-electron chi connectivity index (χ3n) is 2.49. The van der Waals surface area contributed by atoms with Crippen LogP contribution < -0.4 is 11.1 Å². The summed E-state index contributed by atoms with van der Waals surface area (Å²) in [5.41, 5.74) is 10.8. The van der Waals surface area contributed by atoms with E-state index in [0.29, 0.717) is 0 Å². The van der Waals surface area contributed by atoms with Crippen molar-refractivity contribution in [2.75, 3.05) is 0 Å². The highest BCUT2D eigenvalue weighted by Crippen LogP contribution is 2.20. The second kappa shape index (κ2) is 2.70. The highest BCUT2D eigenvalue weighted by molar-refractivity contribution is 5.34. The van der Waals surface area contributed by atoms with Crippen LogP contribution in [0.5, 0.6) is 0 Å². The normalized spacial score (nSPS) is 20.8. The number of hydrogen-bond donors (Lipinski definition) is 2. The minimum absolute atomic E-state index is 0.122. The fraction of sp³-hybridized carbons (Fsp3) is 0.556. The zero-order chi connectivity index (χ0) is 8.59. The van der Waals surface area contributed by atoms with E-state index in [9.17, 15) is 0 Å². The van der Waals surface area contributed by atoms with E-state index >= 15 is 0 Å². The molecule has 0 aromatic rings. The molecule has 0 bridgehead atoms. The molecule has 0 saturated carbocycles. The van der Waals surface area contributed by atoms with Crippen LogP contribution in [0.2, 0.25) is 0 Å². The summed E-state index contributed by atoms with van der Waals surface area (Å²) >= 11 is 0. The number of dihydropyridines is 1. The Morgan fingerprint density at radius 2 is 1.36 bits per heavy atom. The number of nitrogens with one attached hydrogen (secondary N) is 1. The van der Waals surface area contributed by atoms with Gasteiger partial charge in [0.05, 0.1) is 6.04 Å². The molecule has 0 radical (unpaired) electrons. The van der Waals surface area contributed by atoms with Gasteiger partial charge in [-0.2, -0.15) is 0 Å². The van der Waals surface area contributed by atoms with E-state index in [1.807, 2.05) is 0 Å². The molecule has 0 aliphatic carbocycles. The Labute approximate surface area is 68.2 Å². The van der Waals surface area contributed by atoms with Gasteiger partial charge in [0, 0.05) is 11.4 Å². The summed E-state index contributed by atoms with van der Waals surface area (Å²) < 4.78 is 0. The lowest BCUT2D eigenvalue weighted by molar-refractivity contribution is 0.760. The first-order chi connectivity index (χ1) is 5.04. The molecular weight excluding hydrogens is 136 g/mol. The summed E-state index contributed by atoms with van der Waals surface area (Å²) in [4.78, 5) is 0. The van der Waals surface area contributed by atoms with Gasteiger partial charge in [0.25, 0.3) is 0 Å². The molecule has 0 saturated heterocycles. The van der Waals surface area contributed by atoms with Crippen LogP contribution in [0.15, 0.2) is 22.5 Å². The van der Waals surface area contributed by atoms with Crippen molar-refractivity contribution in [1.82, 2.24) is 5.32 Å². The maximum atomic E-state index is 5.95. The molecule has 62 valence electrons. The maximum absolute atomic E-state index is 5.95. The van der Waals surface area contributed by atoms with Gasteiger partial charge in [-0.1, -0.05) is 0 Å². The summed E-state index contributed by atoms with van der Waals surface area (Å²) in [5.74, 6) is 0. The third kappa shape index (κ3) is 1.31. The largest absolute Gasteiger partial charge is 0.363 e. The van der Waals surface area contributed by atoms with Crippen LogP contribution in [0.1, 0.15) is 27.7 Å². The van der Waals surface area contributed by atoms with Crippen LogP contribution in [0, 0.1) is 0 Å². The van der Waals surface area contributed by atoms with Gasteiger partial charge in [0.2, 0.25) is 0 Å². The van der Waals surface area contributed by atoms with E-state index < -0.39 is 0 Å². The summed E-state index contributed by atoms with van der Waals surface area (Å²) in [6, 6.07) is 0.122. The minimum atomic E-state index is 0.122. The van der Waals surface area contributed by atoms with Gasteiger partial charge in [0.15, 0.2) is 0 Å². The number of nitrogens with two attached hydrogens (primary N) is 1. The number of allylic oxidation sites excluding steroid dienone is 2. The first kappa shape index (κ1) is 8.34. The van der Waals surface area contributed by atoms with Crippen molar-refractivity contribution < 1.29 is 0 Å². The molecule has 2 nitrogen and oxygen atoms in total. The van der Waals surface area contributed by atoms with Crippen LogP contribution >= 0.6 is 0 Å². The summed E-state index contributed by atoms with van der Waals surface area (Å²) in [7, 11) is 0. The van der Waals surface area contributed by atoms with Crippen LogP contribution in [0.4, 0.5) is 0 Å². The molecule has 0 spiro atoms. The molecule has 11 heavy (non-hydrogen) atoms. The molecule has 1 heterocycles. The van der Waals surface area contributed by atoms with Crippen LogP contribution in [-0.4, -0.2) is 6.04 Å². The second-order valence-electron chi connectivity index (χ2n) is 3.22. The van der Waals surface area contributed by atoms with E-state index in [0.717, 1.165) is 0 Å². The standard InChI is InChI=1S/C9H16N2/c1-5-7(3)11-8(4)6(2)9(5)10/h9,11H,10H2,1-4H3. The smallest absolute Gasteiger partial charge is 0.0504 e. The topological polar surface area (TPSA) is 38.0 Å². The molecule has 0 fully saturated rings. The molecule has 1 aliphatic rings. The van der Waals surface area contributed by atoms with Crippen LogP contribution in [0.3, 0.4) is 0 Å². The molecular formula is C9H16N2. The highest BCUT2D eigenvalue weighted by Gasteiger charge is 2.16. The molecule has 0 aromatic carbocycles. The molecule has 3 N–H and O–H groups in total. The molecule has 1 rings (SSSR count). The van der Waals surface area contributed by atoms with Crippen LogP contribution in [-0.2, 0) is 0 Å². The Bertz CT molecular complexity index is 212. The van der Waals surface area contributed by atoms with Gasteiger partial charge in [-0.25, -0.2) is 0 Å². The fourth-order valence-electron chi connectivity index (χ4n) is 1.27. The van der Waals surface area contributed by atoms with Gasteiger partial charge in [-0.15, -0.1) is 0 Å². The zero-order valence-corrected chi connectivity index (χ0v) is 7.65. The van der Waals surface area contributed by atoms with Crippen molar-refractivity contribution in [1.29, 1.82) is 0 Å². The van der Waals surface area contributed by atoms with Crippen molar-refractivity contribution in [3.8, 4) is 0 Å². The highest BCUT2D eigenvalue weighted by atomic mass is 14.9. The number of hydrogen-bond acceptors (Lipinski definition) is 2. The first-order valence-corrected chi connectivity index (χ1v) is 3.91. The molecule has 2 heteroatoms. The van der Waals surface area contributed by atoms with Gasteiger partial charge in [0.1, 0.15) is 0 Å². The van der Waals surface area contributed by atoms with Crippen molar-refractivity contribution >= 4 is 0 Å². The van der Waals surface area contributed by atoms with Crippen molar-refractivity contribution in [3.63, 3.8) is 0 Å². The Morgan fingerprint density at radius 1 is 1.00 bits per heavy atom. The van der Waals surface area contributed by atoms with E-state index in [4.69, 9.17) is 5.73 Å². The van der Waals surface area contributed by atoms with E-state index in [2.05, 4.69) is 33.0 Å². The lowest BCUT2D eigenvalue weighted by atomic mass is 9.96.